The third-order valence-corrected chi connectivity index (χ3v) is 18.7. The fourth-order valence-corrected chi connectivity index (χ4v) is 10.9. The van der Waals surface area contributed by atoms with Crippen LogP contribution in [0.2, 0.25) is 0 Å². The van der Waals surface area contributed by atoms with Gasteiger partial charge in [0.05, 0.1) is 125 Å². The van der Waals surface area contributed by atoms with Crippen LogP contribution in [0.25, 0.3) is 0 Å². The van der Waals surface area contributed by atoms with Crippen LogP contribution in [0.1, 0.15) is 148 Å². The van der Waals surface area contributed by atoms with Crippen molar-refractivity contribution in [3.8, 4) is 46.6 Å². The summed E-state index contributed by atoms with van der Waals surface area (Å²) in [5.74, 6) is -83.3. The van der Waals surface area contributed by atoms with E-state index in [1.807, 2.05) is 42.5 Å². The topological polar surface area (TPSA) is 313 Å². The van der Waals surface area contributed by atoms with Crippen LogP contribution in [-0.4, -0.2) is 212 Å². The molecular weight excluding hydrogens is 2050 g/mol. The molecule has 0 aliphatic heterocycles. The van der Waals surface area contributed by atoms with E-state index < -0.39 is 176 Å². The van der Waals surface area contributed by atoms with Gasteiger partial charge < -0.3 is 66.3 Å². The molecule has 6 rings (SSSR count). The van der Waals surface area contributed by atoms with Crippen molar-refractivity contribution in [3.05, 3.63) is 218 Å². The van der Waals surface area contributed by atoms with E-state index in [4.69, 9.17) is 67.4 Å². The summed E-state index contributed by atoms with van der Waals surface area (Å²) in [4.78, 5) is 95.7. The lowest BCUT2D eigenvalue weighted by Gasteiger charge is -2.39. The van der Waals surface area contributed by atoms with Gasteiger partial charge in [-0.2, -0.15) is 125 Å². The van der Waals surface area contributed by atoms with Gasteiger partial charge >= 0.3 is 119 Å². The lowest BCUT2D eigenvalue weighted by molar-refractivity contribution is -0.440. The van der Waals surface area contributed by atoms with Crippen LogP contribution in [-0.2, 0) is 66.7 Å². The van der Waals surface area contributed by atoms with Gasteiger partial charge in [-0.15, -0.1) is 0 Å². The Morgan fingerprint density at radius 2 is 0.608 bits per heavy atom. The summed E-state index contributed by atoms with van der Waals surface area (Å²) in [5.41, 5.74) is 1.45. The SMILES string of the molecule is C.C.C.C.C.C.C=CC(=O)OCCC(F)(F)C(F)(F)C(F)(F)C(F)(F)C(F)(F)C(F)(F)F.C=CC(=O)OCCCCOc1ccc(C(=O)Oc2ccc(C#N)cc2)cc1.C=CC(=O)OCCOCCOc1ccccc1.CCC(C(=O)OCCC(F)(F)C(F)(F)C(F)(F)C(F)(F)C(F)(F)C(F)(F)F)C(CC(=O)OCCCCOc1ccc(C(=O)Oc2ccc(C#N)cc2)cc1)CC(C)C(=O)OCCOCCOc1ccccc1. The van der Waals surface area contributed by atoms with Gasteiger partial charge in [-0.1, -0.05) is 115 Å². The van der Waals surface area contributed by atoms with Gasteiger partial charge in [0.1, 0.15) is 60.9 Å². The van der Waals surface area contributed by atoms with Gasteiger partial charge in [-0.05, 0) is 166 Å². The molecule has 148 heavy (non-hydrogen) atoms. The maximum absolute atomic E-state index is 14.5. The molecule has 3 atom stereocenters. The summed E-state index contributed by atoms with van der Waals surface area (Å²) in [6.07, 6.45) is -17.3. The van der Waals surface area contributed by atoms with Crippen molar-refractivity contribution < 1.29 is 219 Å². The Bertz CT molecular complexity index is 5050. The van der Waals surface area contributed by atoms with Crippen molar-refractivity contribution in [1.82, 2.24) is 0 Å². The molecule has 0 radical (unpaired) electrons. The van der Waals surface area contributed by atoms with Crippen molar-refractivity contribution in [2.75, 3.05) is 92.5 Å². The molecule has 0 aliphatic rings. The Morgan fingerprint density at radius 1 is 0.324 bits per heavy atom. The second-order valence-corrected chi connectivity index (χ2v) is 29.0. The average Bonchev–Trinajstić information content (AvgIpc) is 0.713. The number of hydrogen-bond acceptors (Lipinski definition) is 24. The van der Waals surface area contributed by atoms with E-state index in [-0.39, 0.29) is 115 Å². The zero-order valence-corrected chi connectivity index (χ0v) is 74.6. The normalized spacial score (nSPS) is 12.2. The Kier molecular flexibility index (Phi) is 62.2. The third-order valence-electron chi connectivity index (χ3n) is 18.7. The first kappa shape index (κ1) is 141. The molecule has 6 aromatic rings. The number of halogens is 26. The largest absolute Gasteiger partial charge is 0.494 e. The average molecular weight is 2170 g/mol. The summed E-state index contributed by atoms with van der Waals surface area (Å²) < 4.78 is 413. The second kappa shape index (κ2) is 65.3. The Morgan fingerprint density at radius 3 is 0.946 bits per heavy atom. The molecule has 0 saturated heterocycles. The second-order valence-electron chi connectivity index (χ2n) is 29.0. The first-order valence-corrected chi connectivity index (χ1v) is 41.5. The minimum atomic E-state index is -8.10. The number of carbonyl (C=O) groups excluding carboxylic acids is 8. The molecule has 0 heterocycles. The van der Waals surface area contributed by atoms with E-state index in [9.17, 15) is 153 Å². The van der Waals surface area contributed by atoms with Crippen LogP contribution in [0.5, 0.6) is 34.5 Å². The highest BCUT2D eigenvalue weighted by atomic mass is 19.4. The van der Waals surface area contributed by atoms with Gasteiger partial charge in [0.15, 0.2) is 0 Å². The van der Waals surface area contributed by atoms with Crippen LogP contribution in [0, 0.1) is 40.4 Å². The van der Waals surface area contributed by atoms with Crippen molar-refractivity contribution in [1.29, 1.82) is 10.5 Å². The number of esters is 8. The summed E-state index contributed by atoms with van der Waals surface area (Å²) >= 11 is 0. The predicted molar refractivity (Wildman–Crippen MR) is 483 cm³/mol. The number of para-hydroxylation sites is 2. The summed E-state index contributed by atoms with van der Waals surface area (Å²) in [7, 11) is 0. The monoisotopic (exact) mass is 2160 g/mol. The zero-order valence-electron chi connectivity index (χ0n) is 74.6. The van der Waals surface area contributed by atoms with E-state index in [0.717, 1.165) is 24.3 Å². The zero-order chi connectivity index (χ0) is 107. The quantitative estimate of drug-likeness (QED) is 0.00855. The number of rotatable bonds is 55. The van der Waals surface area contributed by atoms with Crippen molar-refractivity contribution >= 4 is 47.8 Å². The Balaban J connectivity index is -0.00000111. The number of carbonyl (C=O) groups is 8. The van der Waals surface area contributed by atoms with Crippen LogP contribution in [0.3, 0.4) is 0 Å². The maximum Gasteiger partial charge on any atom is 0.460 e. The third kappa shape index (κ3) is 42.4. The van der Waals surface area contributed by atoms with Crippen LogP contribution >= 0.6 is 0 Å². The predicted octanol–water partition coefficient (Wildman–Crippen LogP) is 25.0. The summed E-state index contributed by atoms with van der Waals surface area (Å²) in [6.45, 7) is 10.2. The van der Waals surface area contributed by atoms with Crippen molar-refractivity contribution in [2.45, 2.75) is 188 Å². The standard InChI is InChI=1S/C47H48F13NO11.C21H19NO5.C13H16O4.C11H7F13O2.6CH4/c1-3-37(41(65)70-22-19-42(48,49)43(50,51)44(52,53)45(54,55)46(56,57)47(58,59)60)33(27-30(2)39(63)71-26-24-66-23-25-68-34-9-5-4-6-10-34)28-38(62)69-21-8-7-20-67-35-17-13-32(14-18-35)40(64)72-36-15-11-31(29-61)12-16-36;1-2-20(23)26-14-4-3-13-25-18-11-7-17(8-12-18)21(24)27-19-9-5-16(15-22)6-10-19;1-2-13(14)17-11-9-15-8-10-16-12-6-4-3-5-7-12;1-2-5(25)26-4-3-6(12,13)7(14,15)8(16,17)9(18,19)10(20,21)11(22,23)24;;;;;;/h4-6,9-18,30,33,37H,3,7-8,19-28H2,1-2H3;2,5-12H,1,3-4,13-14H2;2-7H,1,8-11H2;2H,1,3-4H2;6*1H4. The Hall–Kier alpha value is -13.4. The minimum Gasteiger partial charge on any atom is -0.494 e. The molecule has 0 bridgehead atoms. The molecule has 0 spiro atoms. The molecule has 0 fully saturated rings. The van der Waals surface area contributed by atoms with E-state index in [1.165, 1.54) is 62.4 Å². The van der Waals surface area contributed by atoms with Crippen molar-refractivity contribution in [3.63, 3.8) is 0 Å². The summed E-state index contributed by atoms with van der Waals surface area (Å²) in [6, 6.07) is 46.8. The number of benzene rings is 6. The number of hydrogen-bond donors (Lipinski definition) is 0. The smallest absolute Gasteiger partial charge is 0.460 e. The Labute approximate surface area is 836 Å². The highest BCUT2D eigenvalue weighted by Gasteiger charge is 2.92. The van der Waals surface area contributed by atoms with Gasteiger partial charge in [-0.3, -0.25) is 14.4 Å². The molecule has 830 valence electrons. The molecule has 0 aromatic heterocycles. The van der Waals surface area contributed by atoms with E-state index in [1.54, 1.807) is 78.9 Å². The number of alkyl halides is 26. The van der Waals surface area contributed by atoms with Gasteiger partial charge in [0, 0.05) is 24.6 Å². The molecule has 50 heteroatoms. The fraction of sp³-hybridized carbons (Fsp3) is 0.469. The molecule has 0 amide bonds. The first-order chi connectivity index (χ1) is 66.3. The highest BCUT2D eigenvalue weighted by Crippen LogP contribution is 2.63. The molecule has 0 saturated carbocycles. The first-order valence-electron chi connectivity index (χ1n) is 41.5. The molecule has 0 aliphatic carbocycles. The van der Waals surface area contributed by atoms with Crippen LogP contribution in [0.4, 0.5) is 114 Å². The van der Waals surface area contributed by atoms with Crippen LogP contribution in [0.15, 0.2) is 196 Å². The van der Waals surface area contributed by atoms with E-state index in [2.05, 4.69) is 29.2 Å². The van der Waals surface area contributed by atoms with E-state index >= 15 is 0 Å². The number of nitriles is 2. The lowest BCUT2D eigenvalue weighted by atomic mass is 9.81. The molecule has 24 nitrogen and oxygen atoms in total. The number of nitrogens with zero attached hydrogens (tertiary/aromatic N) is 2. The number of unbranched alkanes of at least 4 members (excludes halogenated alkanes) is 2. The molecule has 0 N–H and O–H groups in total. The van der Waals surface area contributed by atoms with Gasteiger partial charge in [0.2, 0.25) is 0 Å². The van der Waals surface area contributed by atoms with Gasteiger partial charge in [0.25, 0.3) is 0 Å². The lowest BCUT2D eigenvalue weighted by Crippen LogP contribution is -2.70. The minimum absolute atomic E-state index is 0. The fourth-order valence-electron chi connectivity index (χ4n) is 10.9. The molecular formula is C98H114F26N2O22. The van der Waals surface area contributed by atoms with Crippen LogP contribution < -0.4 is 28.4 Å². The van der Waals surface area contributed by atoms with Crippen molar-refractivity contribution in [2.24, 2.45) is 17.8 Å². The van der Waals surface area contributed by atoms with E-state index in [0.29, 0.717) is 91.6 Å². The van der Waals surface area contributed by atoms with Gasteiger partial charge in [-0.25, -0.2) is 24.0 Å². The summed E-state index contributed by atoms with van der Waals surface area (Å²) in [5, 5.41) is 17.7. The molecule has 3 unspecified atom stereocenters. The molecule has 6 aromatic carbocycles. The highest BCUT2D eigenvalue weighted by molar-refractivity contribution is 5.92. The maximum atomic E-state index is 14.5. The number of ether oxygens (including phenoxy) is 14.